The first-order valence-corrected chi connectivity index (χ1v) is 8.05. The lowest BCUT2D eigenvalue weighted by atomic mass is 10.1. The third-order valence-electron chi connectivity index (χ3n) is 4.09. The van der Waals surface area contributed by atoms with E-state index in [2.05, 4.69) is 28.1 Å². The Kier molecular flexibility index (Phi) is 4.84. The number of hydrogen-bond acceptors (Lipinski definition) is 3. The molecular formula is C18H21N3O3. The molecule has 1 aliphatic carbocycles. The highest BCUT2D eigenvalue weighted by atomic mass is 16.3. The van der Waals surface area contributed by atoms with Gasteiger partial charge in [-0.05, 0) is 31.0 Å². The lowest BCUT2D eigenvalue weighted by molar-refractivity contribution is -0.122. The minimum atomic E-state index is -0.617. The van der Waals surface area contributed by atoms with E-state index in [-0.39, 0.29) is 18.0 Å². The molecule has 1 saturated carbocycles. The number of carbonyl (C=O) groups is 2. The summed E-state index contributed by atoms with van der Waals surface area (Å²) in [5, 5.41) is 8.29. The van der Waals surface area contributed by atoms with E-state index in [0.717, 1.165) is 6.42 Å². The first kappa shape index (κ1) is 16.1. The normalized spacial score (nSPS) is 20.0. The van der Waals surface area contributed by atoms with Gasteiger partial charge >= 0.3 is 6.03 Å². The molecule has 3 N–H and O–H groups in total. The molecule has 0 aliphatic heterocycles. The molecule has 6 heteroatoms. The summed E-state index contributed by atoms with van der Waals surface area (Å²) in [5.74, 6) is 0.778. The molecule has 1 aliphatic rings. The van der Waals surface area contributed by atoms with Gasteiger partial charge in [-0.25, -0.2) is 4.79 Å². The highest BCUT2D eigenvalue weighted by molar-refractivity contribution is 5.86. The highest BCUT2D eigenvalue weighted by Crippen LogP contribution is 2.40. The van der Waals surface area contributed by atoms with Crippen LogP contribution < -0.4 is 16.0 Å². The van der Waals surface area contributed by atoms with Crippen molar-refractivity contribution in [3.63, 3.8) is 0 Å². The summed E-state index contributed by atoms with van der Waals surface area (Å²) in [6, 6.07) is 12.8. The molecule has 1 aromatic carbocycles. The van der Waals surface area contributed by atoms with Gasteiger partial charge in [-0.15, -0.1) is 0 Å². The van der Waals surface area contributed by atoms with Crippen LogP contribution >= 0.6 is 0 Å². The number of hydrogen-bond donors (Lipinski definition) is 3. The molecule has 24 heavy (non-hydrogen) atoms. The smallest absolute Gasteiger partial charge is 0.315 e. The molecule has 1 aromatic heterocycles. The zero-order chi connectivity index (χ0) is 16.9. The van der Waals surface area contributed by atoms with Crippen molar-refractivity contribution in [2.45, 2.75) is 37.9 Å². The van der Waals surface area contributed by atoms with Gasteiger partial charge in [-0.2, -0.15) is 0 Å². The molecule has 0 bridgehead atoms. The van der Waals surface area contributed by atoms with Gasteiger partial charge in [0.25, 0.3) is 0 Å². The van der Waals surface area contributed by atoms with E-state index in [9.17, 15) is 9.59 Å². The monoisotopic (exact) mass is 327 g/mol. The maximum absolute atomic E-state index is 12.0. The standard InChI is InChI=1S/C18H21N3O3/c1-12(17(22)19-11-14-8-5-9-24-14)20-18(23)21-16-10-15(16)13-6-3-2-4-7-13/h2-9,12,15-16H,10-11H2,1H3,(H,19,22)(H2,20,21,23). The lowest BCUT2D eigenvalue weighted by Crippen LogP contribution is -2.48. The van der Waals surface area contributed by atoms with Crippen LogP contribution in [0.1, 0.15) is 30.6 Å². The van der Waals surface area contributed by atoms with Crippen LogP contribution in [0.4, 0.5) is 4.79 Å². The van der Waals surface area contributed by atoms with Gasteiger partial charge in [-0.1, -0.05) is 30.3 Å². The van der Waals surface area contributed by atoms with Crippen LogP contribution in [0.3, 0.4) is 0 Å². The zero-order valence-corrected chi connectivity index (χ0v) is 13.5. The van der Waals surface area contributed by atoms with Gasteiger partial charge in [0.15, 0.2) is 0 Å². The zero-order valence-electron chi connectivity index (χ0n) is 13.5. The first-order chi connectivity index (χ1) is 11.6. The largest absolute Gasteiger partial charge is 0.467 e. The van der Waals surface area contributed by atoms with E-state index in [4.69, 9.17) is 4.42 Å². The molecule has 1 fully saturated rings. The van der Waals surface area contributed by atoms with E-state index in [0.29, 0.717) is 18.2 Å². The molecule has 0 saturated heterocycles. The van der Waals surface area contributed by atoms with E-state index in [1.54, 1.807) is 25.3 Å². The lowest BCUT2D eigenvalue weighted by Gasteiger charge is -2.14. The summed E-state index contributed by atoms with van der Waals surface area (Å²) in [7, 11) is 0. The summed E-state index contributed by atoms with van der Waals surface area (Å²) >= 11 is 0. The highest BCUT2D eigenvalue weighted by Gasteiger charge is 2.39. The van der Waals surface area contributed by atoms with Crippen molar-refractivity contribution < 1.29 is 14.0 Å². The first-order valence-electron chi connectivity index (χ1n) is 8.05. The van der Waals surface area contributed by atoms with Gasteiger partial charge in [0.05, 0.1) is 12.8 Å². The van der Waals surface area contributed by atoms with Crippen LogP contribution in [-0.2, 0) is 11.3 Å². The number of nitrogens with one attached hydrogen (secondary N) is 3. The van der Waals surface area contributed by atoms with Crippen LogP contribution in [0, 0.1) is 0 Å². The van der Waals surface area contributed by atoms with Gasteiger partial charge in [0.1, 0.15) is 11.8 Å². The number of benzene rings is 1. The van der Waals surface area contributed by atoms with Crippen molar-refractivity contribution in [3.8, 4) is 0 Å². The van der Waals surface area contributed by atoms with E-state index >= 15 is 0 Å². The van der Waals surface area contributed by atoms with Crippen molar-refractivity contribution in [3.05, 3.63) is 60.1 Å². The van der Waals surface area contributed by atoms with Crippen molar-refractivity contribution in [1.82, 2.24) is 16.0 Å². The Hall–Kier alpha value is -2.76. The second-order valence-electron chi connectivity index (χ2n) is 6.00. The number of urea groups is 1. The molecule has 2 aromatic rings. The second-order valence-corrected chi connectivity index (χ2v) is 6.00. The minimum Gasteiger partial charge on any atom is -0.467 e. The molecule has 0 radical (unpaired) electrons. The van der Waals surface area contributed by atoms with Crippen LogP contribution in [0.15, 0.2) is 53.1 Å². The SMILES string of the molecule is CC(NC(=O)NC1CC1c1ccccc1)C(=O)NCc1ccco1. The quantitative estimate of drug-likeness (QED) is 0.760. The Labute approximate surface area is 140 Å². The molecule has 3 amide bonds. The minimum absolute atomic E-state index is 0.130. The van der Waals surface area contributed by atoms with Crippen molar-refractivity contribution >= 4 is 11.9 Å². The van der Waals surface area contributed by atoms with Crippen LogP contribution in [-0.4, -0.2) is 24.0 Å². The number of carbonyl (C=O) groups excluding carboxylic acids is 2. The summed E-state index contributed by atoms with van der Waals surface area (Å²) < 4.78 is 5.15. The third-order valence-corrected chi connectivity index (χ3v) is 4.09. The fraction of sp³-hybridized carbons (Fsp3) is 0.333. The van der Waals surface area contributed by atoms with Crippen LogP contribution in [0.2, 0.25) is 0 Å². The Morgan fingerprint density at radius 1 is 1.21 bits per heavy atom. The summed E-state index contributed by atoms with van der Waals surface area (Å²) in [5.41, 5.74) is 1.23. The Bertz CT molecular complexity index is 685. The molecular weight excluding hydrogens is 306 g/mol. The van der Waals surface area contributed by atoms with Gasteiger partial charge in [-0.3, -0.25) is 4.79 Å². The molecule has 126 valence electrons. The topological polar surface area (TPSA) is 83.4 Å². The van der Waals surface area contributed by atoms with E-state index in [1.807, 2.05) is 18.2 Å². The Morgan fingerprint density at radius 3 is 2.71 bits per heavy atom. The van der Waals surface area contributed by atoms with Gasteiger partial charge in [0.2, 0.25) is 5.91 Å². The number of amides is 3. The predicted octanol–water partition coefficient (Wildman–Crippen LogP) is 2.14. The molecule has 0 spiro atoms. The van der Waals surface area contributed by atoms with Crippen molar-refractivity contribution in [2.24, 2.45) is 0 Å². The molecule has 3 unspecified atom stereocenters. The predicted molar refractivity (Wildman–Crippen MR) is 89.3 cm³/mol. The second kappa shape index (κ2) is 7.21. The van der Waals surface area contributed by atoms with Gasteiger partial charge < -0.3 is 20.4 Å². The van der Waals surface area contributed by atoms with E-state index in [1.165, 1.54) is 5.56 Å². The molecule has 1 heterocycles. The maximum atomic E-state index is 12.0. The Balaban J connectivity index is 1.39. The maximum Gasteiger partial charge on any atom is 0.315 e. The van der Waals surface area contributed by atoms with Gasteiger partial charge in [0, 0.05) is 12.0 Å². The summed E-state index contributed by atoms with van der Waals surface area (Å²) in [6.45, 7) is 1.96. The molecule has 6 nitrogen and oxygen atoms in total. The van der Waals surface area contributed by atoms with Crippen molar-refractivity contribution in [1.29, 1.82) is 0 Å². The number of furan rings is 1. The fourth-order valence-corrected chi connectivity index (χ4v) is 2.64. The van der Waals surface area contributed by atoms with Crippen molar-refractivity contribution in [2.75, 3.05) is 0 Å². The number of rotatable bonds is 6. The average Bonchev–Trinajstić information content (AvgIpc) is 3.14. The fourth-order valence-electron chi connectivity index (χ4n) is 2.64. The average molecular weight is 327 g/mol. The van der Waals surface area contributed by atoms with Crippen LogP contribution in [0.25, 0.3) is 0 Å². The molecule has 3 rings (SSSR count). The van der Waals surface area contributed by atoms with E-state index < -0.39 is 6.04 Å². The summed E-state index contributed by atoms with van der Waals surface area (Å²) in [4.78, 5) is 24.0. The third kappa shape index (κ3) is 4.16. The summed E-state index contributed by atoms with van der Waals surface area (Å²) in [6.07, 6.45) is 2.48. The van der Waals surface area contributed by atoms with Crippen LogP contribution in [0.5, 0.6) is 0 Å². The Morgan fingerprint density at radius 2 is 2.00 bits per heavy atom. The molecule has 3 atom stereocenters.